The van der Waals surface area contributed by atoms with Crippen molar-refractivity contribution >= 4 is 23.4 Å². The second-order valence-corrected chi connectivity index (χ2v) is 5.01. The molecule has 1 saturated carbocycles. The fourth-order valence-corrected chi connectivity index (χ4v) is 2.57. The van der Waals surface area contributed by atoms with E-state index in [1.54, 1.807) is 18.9 Å². The Balaban J connectivity index is 2.12. The Labute approximate surface area is 99.4 Å². The van der Waals surface area contributed by atoms with Crippen molar-refractivity contribution in [1.82, 2.24) is 4.98 Å². The molecule has 1 aromatic heterocycles. The van der Waals surface area contributed by atoms with Gasteiger partial charge in [-0.2, -0.15) is 0 Å². The van der Waals surface area contributed by atoms with Crippen LogP contribution in [0.15, 0.2) is 17.2 Å². The summed E-state index contributed by atoms with van der Waals surface area (Å²) < 4.78 is 5.27. The van der Waals surface area contributed by atoms with Gasteiger partial charge in [-0.25, -0.2) is 4.98 Å². The maximum Gasteiger partial charge on any atom is 0.130 e. The molecule has 0 N–H and O–H groups in total. The summed E-state index contributed by atoms with van der Waals surface area (Å²) in [5.41, 5.74) is 1.30. The molecule has 0 aliphatic heterocycles. The predicted molar refractivity (Wildman–Crippen MR) is 63.8 cm³/mol. The number of thioether (sulfide) groups is 1. The highest BCUT2D eigenvalue weighted by atomic mass is 35.5. The molecule has 2 rings (SSSR count). The van der Waals surface area contributed by atoms with E-state index in [1.807, 2.05) is 12.3 Å². The molecule has 1 aliphatic carbocycles. The first-order chi connectivity index (χ1) is 7.22. The summed E-state index contributed by atoms with van der Waals surface area (Å²) in [6, 6.07) is 4.10. The lowest BCUT2D eigenvalue weighted by Crippen LogP contribution is -2.28. The Hall–Kier alpha value is -0.250. The molecular formula is C11H14ClNOS. The molecule has 0 aromatic carbocycles. The van der Waals surface area contributed by atoms with Crippen molar-refractivity contribution in [2.24, 2.45) is 0 Å². The molecule has 4 heteroatoms. The lowest BCUT2D eigenvalue weighted by Gasteiger charge is -2.34. The smallest absolute Gasteiger partial charge is 0.130 e. The summed E-state index contributed by atoms with van der Waals surface area (Å²) in [6.45, 7) is 0. The van der Waals surface area contributed by atoms with E-state index in [0.717, 1.165) is 17.9 Å². The third kappa shape index (κ3) is 2.47. The highest BCUT2D eigenvalue weighted by molar-refractivity contribution is 7.98. The quantitative estimate of drug-likeness (QED) is 0.601. The summed E-state index contributed by atoms with van der Waals surface area (Å²) >= 11 is 7.60. The molecule has 0 amide bonds. The van der Waals surface area contributed by atoms with Crippen LogP contribution in [0, 0.1) is 0 Å². The molecule has 1 aliphatic rings. The molecule has 0 saturated heterocycles. The molecule has 0 radical (unpaired) electrons. The van der Waals surface area contributed by atoms with Crippen LogP contribution in [0.2, 0.25) is 5.15 Å². The number of hydrogen-bond donors (Lipinski definition) is 0. The second kappa shape index (κ2) is 4.73. The third-order valence-electron chi connectivity index (χ3n) is 2.90. The molecule has 1 aromatic rings. The first-order valence-electron chi connectivity index (χ1n) is 4.97. The molecule has 0 atom stereocenters. The number of nitrogens with zero attached hydrogens (tertiary/aromatic N) is 1. The van der Waals surface area contributed by atoms with Crippen LogP contribution in [0.3, 0.4) is 0 Å². The number of methoxy groups -OCH3 is 1. The summed E-state index contributed by atoms with van der Waals surface area (Å²) in [7, 11) is 1.77. The van der Waals surface area contributed by atoms with Crippen molar-refractivity contribution in [1.29, 1.82) is 0 Å². The molecule has 82 valence electrons. The largest absolute Gasteiger partial charge is 0.381 e. The molecule has 0 bridgehead atoms. The van der Waals surface area contributed by atoms with Gasteiger partial charge in [-0.3, -0.25) is 0 Å². The summed E-state index contributed by atoms with van der Waals surface area (Å²) in [4.78, 5) is 4.23. The van der Waals surface area contributed by atoms with Crippen LogP contribution >= 0.6 is 23.4 Å². The van der Waals surface area contributed by atoms with Gasteiger partial charge >= 0.3 is 0 Å². The highest BCUT2D eigenvalue weighted by Gasteiger charge is 2.30. The average Bonchev–Trinajstić information content (AvgIpc) is 2.15. The highest BCUT2D eigenvalue weighted by Crippen LogP contribution is 2.39. The van der Waals surface area contributed by atoms with Crippen LogP contribution < -0.4 is 0 Å². The average molecular weight is 244 g/mol. The van der Waals surface area contributed by atoms with Crippen molar-refractivity contribution < 1.29 is 4.74 Å². The Morgan fingerprint density at radius 1 is 1.47 bits per heavy atom. The number of pyridine rings is 1. The van der Waals surface area contributed by atoms with Crippen LogP contribution in [0.4, 0.5) is 0 Å². The van der Waals surface area contributed by atoms with E-state index < -0.39 is 0 Å². The van der Waals surface area contributed by atoms with Crippen LogP contribution in [0.25, 0.3) is 0 Å². The molecular weight excluding hydrogens is 230 g/mol. The van der Waals surface area contributed by atoms with Crippen LogP contribution in [0.1, 0.15) is 24.3 Å². The Bertz CT molecular complexity index is 352. The minimum absolute atomic E-state index is 0.430. The van der Waals surface area contributed by atoms with E-state index in [0.29, 0.717) is 17.2 Å². The fourth-order valence-electron chi connectivity index (χ4n) is 1.86. The minimum Gasteiger partial charge on any atom is -0.381 e. The Morgan fingerprint density at radius 3 is 2.80 bits per heavy atom. The number of hydrogen-bond acceptors (Lipinski definition) is 3. The molecule has 0 unspecified atom stereocenters. The van der Waals surface area contributed by atoms with Crippen molar-refractivity contribution in [3.8, 4) is 0 Å². The molecule has 2 nitrogen and oxygen atoms in total. The van der Waals surface area contributed by atoms with Gasteiger partial charge in [0.05, 0.1) is 11.1 Å². The van der Waals surface area contributed by atoms with Crippen molar-refractivity contribution in [3.05, 3.63) is 22.8 Å². The zero-order valence-electron chi connectivity index (χ0n) is 8.87. The maximum atomic E-state index is 5.97. The first-order valence-corrected chi connectivity index (χ1v) is 6.57. The van der Waals surface area contributed by atoms with Crippen molar-refractivity contribution in [2.45, 2.75) is 29.9 Å². The van der Waals surface area contributed by atoms with E-state index in [-0.39, 0.29) is 0 Å². The van der Waals surface area contributed by atoms with Crippen LogP contribution in [0.5, 0.6) is 0 Å². The SMILES string of the molecule is COC1CC(c2cc(Cl)nc(SC)c2)C1. The zero-order valence-corrected chi connectivity index (χ0v) is 10.4. The van der Waals surface area contributed by atoms with E-state index >= 15 is 0 Å². The van der Waals surface area contributed by atoms with E-state index in [2.05, 4.69) is 11.1 Å². The number of rotatable bonds is 3. The summed E-state index contributed by atoms with van der Waals surface area (Å²) in [5, 5.41) is 1.59. The van der Waals surface area contributed by atoms with Crippen molar-refractivity contribution in [3.63, 3.8) is 0 Å². The normalized spacial score (nSPS) is 25.0. The number of ether oxygens (including phenoxy) is 1. The van der Waals surface area contributed by atoms with Gasteiger partial charge in [0, 0.05) is 7.11 Å². The Morgan fingerprint density at radius 2 is 2.20 bits per heavy atom. The van der Waals surface area contributed by atoms with Gasteiger partial charge in [0.2, 0.25) is 0 Å². The summed E-state index contributed by atoms with van der Waals surface area (Å²) in [5.74, 6) is 0.598. The lowest BCUT2D eigenvalue weighted by molar-refractivity contribution is 0.0257. The predicted octanol–water partition coefficient (Wildman–Crippen LogP) is 3.35. The maximum absolute atomic E-state index is 5.97. The van der Waals surface area contributed by atoms with Gasteiger partial charge in [-0.1, -0.05) is 11.6 Å². The van der Waals surface area contributed by atoms with Gasteiger partial charge in [-0.05, 0) is 42.7 Å². The van der Waals surface area contributed by atoms with Crippen LogP contribution in [-0.4, -0.2) is 24.5 Å². The van der Waals surface area contributed by atoms with Crippen LogP contribution in [-0.2, 0) is 4.74 Å². The second-order valence-electron chi connectivity index (χ2n) is 3.79. The van der Waals surface area contributed by atoms with E-state index in [1.165, 1.54) is 5.56 Å². The van der Waals surface area contributed by atoms with Gasteiger partial charge < -0.3 is 4.74 Å². The zero-order chi connectivity index (χ0) is 10.8. The monoisotopic (exact) mass is 243 g/mol. The van der Waals surface area contributed by atoms with Gasteiger partial charge in [-0.15, -0.1) is 11.8 Å². The lowest BCUT2D eigenvalue weighted by atomic mass is 9.78. The van der Waals surface area contributed by atoms with Gasteiger partial charge in [0.1, 0.15) is 5.15 Å². The molecule has 1 fully saturated rings. The first kappa shape index (κ1) is 11.2. The number of halogens is 1. The van der Waals surface area contributed by atoms with E-state index in [4.69, 9.17) is 16.3 Å². The van der Waals surface area contributed by atoms with E-state index in [9.17, 15) is 0 Å². The van der Waals surface area contributed by atoms with Gasteiger partial charge in [0.15, 0.2) is 0 Å². The topological polar surface area (TPSA) is 22.1 Å². The fraction of sp³-hybridized carbons (Fsp3) is 0.545. The Kier molecular flexibility index (Phi) is 3.54. The summed E-state index contributed by atoms with van der Waals surface area (Å²) in [6.07, 6.45) is 4.65. The minimum atomic E-state index is 0.430. The molecule has 15 heavy (non-hydrogen) atoms. The third-order valence-corrected chi connectivity index (χ3v) is 3.72. The van der Waals surface area contributed by atoms with Gasteiger partial charge in [0.25, 0.3) is 0 Å². The van der Waals surface area contributed by atoms with Crippen molar-refractivity contribution in [2.75, 3.05) is 13.4 Å². The standard InChI is InChI=1S/C11H14ClNOS/c1-14-9-3-7(4-9)8-5-10(12)13-11(6-8)15-2/h5-7,9H,3-4H2,1-2H3. The molecule has 0 spiro atoms. The number of aromatic nitrogens is 1. The molecule has 1 heterocycles.